The number of thioether (sulfide) groups is 1. The zero-order valence-corrected chi connectivity index (χ0v) is 29.9. The summed E-state index contributed by atoms with van der Waals surface area (Å²) in [5, 5.41) is 14.9. The van der Waals surface area contributed by atoms with Gasteiger partial charge in [-0.15, -0.1) is 0 Å². The highest BCUT2D eigenvalue weighted by Gasteiger charge is 2.42. The van der Waals surface area contributed by atoms with Crippen LogP contribution in [0.2, 0.25) is 0 Å². The highest BCUT2D eigenvalue weighted by molar-refractivity contribution is 8.00. The fourth-order valence-electron chi connectivity index (χ4n) is 6.27. The molecule has 3 aliphatic heterocycles. The van der Waals surface area contributed by atoms with E-state index in [0.717, 1.165) is 37.9 Å². The number of imidazole rings is 1. The van der Waals surface area contributed by atoms with Crippen molar-refractivity contribution in [1.29, 1.82) is 0 Å². The van der Waals surface area contributed by atoms with E-state index < -0.39 is 0 Å². The number of nitrogens with zero attached hydrogens (tertiary/aromatic N) is 2. The standard InChI is InChI=1S/C33H55N7O8S/c1-4-24-17-22(2)32(48-24)40-19-25(36-21-40)31(43)37-23(3)18-29(42)35-10-12-46-14-16-47-15-13-45-11-9-34-28(41)8-6-5-7-27-30-26(20-49-27)38-33(44)39-30/h19,21-24,26-27,30,32H,4-18,20H2,1-3H3,(H,34,41)(H,35,42)(H,37,43)(H2,38,39,44)/t22?,23-,24-,26-,27+,30-,32-/m1/s1. The van der Waals surface area contributed by atoms with Crippen molar-refractivity contribution in [2.45, 2.75) is 101 Å². The molecule has 1 aromatic rings. The lowest BCUT2D eigenvalue weighted by atomic mass is 10.0. The van der Waals surface area contributed by atoms with Gasteiger partial charge in [-0.05, 0) is 32.6 Å². The molecule has 4 heterocycles. The Bertz CT molecular complexity index is 1210. The predicted molar refractivity (Wildman–Crippen MR) is 184 cm³/mol. The molecule has 276 valence electrons. The first kappa shape index (κ1) is 38.9. The molecule has 7 atom stereocenters. The van der Waals surface area contributed by atoms with Gasteiger partial charge in [0.2, 0.25) is 11.8 Å². The van der Waals surface area contributed by atoms with E-state index in [0.29, 0.717) is 76.0 Å². The van der Waals surface area contributed by atoms with Crippen molar-refractivity contribution in [3.05, 3.63) is 18.2 Å². The number of amides is 5. The van der Waals surface area contributed by atoms with Crippen LogP contribution >= 0.6 is 11.8 Å². The van der Waals surface area contributed by atoms with Crippen LogP contribution in [0.1, 0.15) is 82.4 Å². The maximum absolute atomic E-state index is 12.6. The quantitative estimate of drug-likeness (QED) is 0.0829. The minimum Gasteiger partial charge on any atom is -0.377 e. The summed E-state index contributed by atoms with van der Waals surface area (Å²) in [6.45, 7) is 9.23. The second-order valence-corrected chi connectivity index (χ2v) is 14.2. The number of fused-ring (bicyclic) bond motifs is 1. The average Bonchev–Trinajstić information content (AvgIpc) is 3.86. The summed E-state index contributed by atoms with van der Waals surface area (Å²) in [6.07, 6.45) is 8.78. The van der Waals surface area contributed by atoms with Gasteiger partial charge in [0, 0.05) is 55.1 Å². The number of rotatable bonds is 23. The SMILES string of the molecule is CC[C@@H]1CC(C)[C@H](n2cnc(C(=O)N[C@H](C)CC(=O)NCCOCCOCCOCCNC(=O)CCCC[C@@H]3SC[C@H]4NC(=O)N[C@@H]34)c2)O1. The summed E-state index contributed by atoms with van der Waals surface area (Å²) in [5.74, 6) is 0.809. The first-order valence-corrected chi connectivity index (χ1v) is 18.7. The van der Waals surface area contributed by atoms with Crippen molar-refractivity contribution in [1.82, 2.24) is 36.1 Å². The van der Waals surface area contributed by atoms with Gasteiger partial charge in [0.15, 0.2) is 0 Å². The van der Waals surface area contributed by atoms with Crippen molar-refractivity contribution < 1.29 is 38.1 Å². The van der Waals surface area contributed by atoms with E-state index in [1.165, 1.54) is 0 Å². The molecule has 16 heteroatoms. The van der Waals surface area contributed by atoms with Gasteiger partial charge in [0.05, 0.1) is 64.2 Å². The predicted octanol–water partition coefficient (Wildman–Crippen LogP) is 1.73. The lowest BCUT2D eigenvalue weighted by Crippen LogP contribution is -2.38. The molecule has 3 fully saturated rings. The average molecular weight is 710 g/mol. The summed E-state index contributed by atoms with van der Waals surface area (Å²) in [5.41, 5.74) is 0.296. The molecule has 4 rings (SSSR count). The van der Waals surface area contributed by atoms with Gasteiger partial charge in [-0.1, -0.05) is 20.3 Å². The van der Waals surface area contributed by atoms with Gasteiger partial charge in [0.1, 0.15) is 11.9 Å². The zero-order valence-electron chi connectivity index (χ0n) is 29.1. The highest BCUT2D eigenvalue weighted by Crippen LogP contribution is 2.35. The van der Waals surface area contributed by atoms with E-state index in [9.17, 15) is 19.2 Å². The first-order chi connectivity index (χ1) is 23.7. The second-order valence-electron chi connectivity index (χ2n) is 13.0. The third kappa shape index (κ3) is 13.0. The Hall–Kier alpha value is -2.92. The maximum Gasteiger partial charge on any atom is 0.315 e. The van der Waals surface area contributed by atoms with Gasteiger partial charge in [0.25, 0.3) is 5.91 Å². The Kier molecular flexibility index (Phi) is 16.4. The van der Waals surface area contributed by atoms with Crippen LogP contribution in [0.4, 0.5) is 4.79 Å². The minimum atomic E-state index is -0.362. The van der Waals surface area contributed by atoms with Crippen molar-refractivity contribution >= 4 is 35.5 Å². The Morgan fingerprint density at radius 1 is 1.04 bits per heavy atom. The van der Waals surface area contributed by atoms with Gasteiger partial charge in [-0.25, -0.2) is 9.78 Å². The number of carbonyl (C=O) groups is 4. The molecular formula is C33H55N7O8S. The topological polar surface area (TPSA) is 183 Å². The van der Waals surface area contributed by atoms with Gasteiger partial charge < -0.3 is 50.1 Å². The van der Waals surface area contributed by atoms with Crippen LogP contribution in [0, 0.1) is 5.92 Å². The lowest BCUT2D eigenvalue weighted by Gasteiger charge is -2.16. The number of unbranched alkanes of at least 4 members (excludes halogenated alkanes) is 1. The van der Waals surface area contributed by atoms with Crippen LogP contribution in [0.15, 0.2) is 12.5 Å². The van der Waals surface area contributed by atoms with E-state index in [2.05, 4.69) is 45.4 Å². The Balaban J connectivity index is 0.897. The third-order valence-corrected chi connectivity index (χ3v) is 10.4. The summed E-state index contributed by atoms with van der Waals surface area (Å²) < 4.78 is 24.4. The van der Waals surface area contributed by atoms with E-state index >= 15 is 0 Å². The van der Waals surface area contributed by atoms with Gasteiger partial charge in [-0.3, -0.25) is 14.4 Å². The monoisotopic (exact) mass is 709 g/mol. The number of hydrogen-bond donors (Lipinski definition) is 5. The lowest BCUT2D eigenvalue weighted by molar-refractivity contribution is -0.122. The fourth-order valence-corrected chi connectivity index (χ4v) is 7.81. The third-order valence-electron chi connectivity index (χ3n) is 8.87. The van der Waals surface area contributed by atoms with Crippen molar-refractivity contribution in [3.63, 3.8) is 0 Å². The van der Waals surface area contributed by atoms with E-state index in [1.54, 1.807) is 19.4 Å². The summed E-state index contributed by atoms with van der Waals surface area (Å²) in [4.78, 5) is 52.7. The largest absolute Gasteiger partial charge is 0.377 e. The van der Waals surface area contributed by atoms with Gasteiger partial charge >= 0.3 is 6.03 Å². The molecule has 3 aliphatic rings. The molecule has 49 heavy (non-hydrogen) atoms. The zero-order chi connectivity index (χ0) is 35.0. The normalized spacial score (nSPS) is 25.0. The van der Waals surface area contributed by atoms with Crippen molar-refractivity contribution in [3.8, 4) is 0 Å². The number of carbonyl (C=O) groups excluding carboxylic acids is 4. The van der Waals surface area contributed by atoms with Gasteiger partial charge in [-0.2, -0.15) is 11.8 Å². The molecule has 5 N–H and O–H groups in total. The Morgan fingerprint density at radius 3 is 2.43 bits per heavy atom. The fraction of sp³-hybridized carbons (Fsp3) is 0.788. The second kappa shape index (κ2) is 20.7. The Labute approximate surface area is 293 Å². The number of hydrogen-bond acceptors (Lipinski definition) is 10. The molecule has 0 spiro atoms. The summed E-state index contributed by atoms with van der Waals surface area (Å²) in [7, 11) is 0. The molecule has 1 aromatic heterocycles. The minimum absolute atomic E-state index is 0.0245. The van der Waals surface area contributed by atoms with E-state index in [1.807, 2.05) is 16.3 Å². The molecule has 0 radical (unpaired) electrons. The van der Waals surface area contributed by atoms with Crippen LogP contribution in [-0.4, -0.2) is 121 Å². The molecule has 15 nitrogen and oxygen atoms in total. The summed E-state index contributed by atoms with van der Waals surface area (Å²) in [6, 6.07) is 0.0163. The molecular weight excluding hydrogens is 654 g/mol. The van der Waals surface area contributed by atoms with Crippen LogP contribution < -0.4 is 26.6 Å². The molecule has 3 saturated heterocycles. The Morgan fingerprint density at radius 2 is 1.73 bits per heavy atom. The molecule has 5 amide bonds. The summed E-state index contributed by atoms with van der Waals surface area (Å²) >= 11 is 1.89. The molecule has 1 unspecified atom stereocenters. The number of nitrogens with one attached hydrogen (secondary N) is 5. The van der Waals surface area contributed by atoms with E-state index in [4.69, 9.17) is 18.9 Å². The highest BCUT2D eigenvalue weighted by atomic mass is 32.2. The van der Waals surface area contributed by atoms with E-state index in [-0.39, 0.29) is 60.6 Å². The first-order valence-electron chi connectivity index (χ1n) is 17.7. The van der Waals surface area contributed by atoms with Crippen LogP contribution in [0.5, 0.6) is 0 Å². The van der Waals surface area contributed by atoms with Crippen LogP contribution in [0.3, 0.4) is 0 Å². The molecule has 0 saturated carbocycles. The number of ether oxygens (including phenoxy) is 4. The molecule has 0 aliphatic carbocycles. The molecule has 0 aromatic carbocycles. The number of aromatic nitrogens is 2. The number of urea groups is 1. The van der Waals surface area contributed by atoms with Crippen molar-refractivity contribution in [2.75, 3.05) is 58.5 Å². The maximum atomic E-state index is 12.6. The van der Waals surface area contributed by atoms with Crippen LogP contribution in [-0.2, 0) is 28.5 Å². The molecule has 0 bridgehead atoms. The van der Waals surface area contributed by atoms with Crippen LogP contribution in [0.25, 0.3) is 0 Å². The van der Waals surface area contributed by atoms with Crippen molar-refractivity contribution in [2.24, 2.45) is 5.92 Å². The smallest absolute Gasteiger partial charge is 0.315 e.